The van der Waals surface area contributed by atoms with Crippen LogP contribution in [0.1, 0.15) is 12.5 Å². The molecule has 0 fully saturated rings. The van der Waals surface area contributed by atoms with Crippen LogP contribution in [0.15, 0.2) is 34.1 Å². The van der Waals surface area contributed by atoms with Gasteiger partial charge in [-0.25, -0.2) is 0 Å². The molecule has 114 valence electrons. The largest absolute Gasteiger partial charge is 0.397 e. The Hall–Kier alpha value is -1.68. The van der Waals surface area contributed by atoms with Crippen molar-refractivity contribution in [1.82, 2.24) is 0 Å². The maximum Gasteiger partial charge on any atom is 0.297 e. The standard InChI is InChI=1S/C12H13NO6S2/c1-2-7-6-9-8(12(11(7)13)21(17,18)19)4-3-5-10(9)20(14,15)16/h3-6H,2,13H2,1H3,(H,14,15,16)(H,17,18,19). The number of anilines is 1. The van der Waals surface area contributed by atoms with Gasteiger partial charge in [-0.2, -0.15) is 16.8 Å². The van der Waals surface area contributed by atoms with Crippen LogP contribution in [0.3, 0.4) is 0 Å². The lowest BCUT2D eigenvalue weighted by Crippen LogP contribution is -2.08. The van der Waals surface area contributed by atoms with Crippen molar-refractivity contribution in [3.63, 3.8) is 0 Å². The maximum atomic E-state index is 11.6. The van der Waals surface area contributed by atoms with Gasteiger partial charge >= 0.3 is 0 Å². The molecule has 0 heterocycles. The Kier molecular flexibility index (Phi) is 3.70. The second kappa shape index (κ2) is 4.95. The number of nitrogens with two attached hydrogens (primary N) is 1. The molecule has 2 aromatic rings. The molecule has 0 unspecified atom stereocenters. The molecular weight excluding hydrogens is 318 g/mol. The van der Waals surface area contributed by atoms with E-state index in [-0.39, 0.29) is 16.5 Å². The summed E-state index contributed by atoms with van der Waals surface area (Å²) in [6.07, 6.45) is 0.324. The molecule has 9 heteroatoms. The first kappa shape index (κ1) is 15.7. The number of hydrogen-bond donors (Lipinski definition) is 3. The van der Waals surface area contributed by atoms with Gasteiger partial charge in [0, 0.05) is 10.8 Å². The Morgan fingerprint density at radius 3 is 2.14 bits per heavy atom. The fourth-order valence-electron chi connectivity index (χ4n) is 2.23. The average Bonchev–Trinajstić information content (AvgIpc) is 2.34. The SMILES string of the molecule is CCc1cc2c(S(=O)(=O)O)cccc2c(S(=O)(=O)O)c1N. The van der Waals surface area contributed by atoms with Crippen molar-refractivity contribution in [2.75, 3.05) is 5.73 Å². The third-order valence-corrected chi connectivity index (χ3v) is 5.00. The molecule has 2 aromatic carbocycles. The highest BCUT2D eigenvalue weighted by atomic mass is 32.2. The summed E-state index contributed by atoms with van der Waals surface area (Å²) in [6.45, 7) is 1.70. The molecule has 0 atom stereocenters. The number of hydrogen-bond acceptors (Lipinski definition) is 5. The van der Waals surface area contributed by atoms with Gasteiger partial charge in [0.2, 0.25) is 0 Å². The highest BCUT2D eigenvalue weighted by molar-refractivity contribution is 7.86. The summed E-state index contributed by atoms with van der Waals surface area (Å²) < 4.78 is 64.5. The fourth-order valence-corrected chi connectivity index (χ4v) is 3.79. The number of benzene rings is 2. The van der Waals surface area contributed by atoms with E-state index in [1.807, 2.05) is 0 Å². The minimum atomic E-state index is -4.66. The van der Waals surface area contributed by atoms with Crippen molar-refractivity contribution in [2.45, 2.75) is 23.1 Å². The van der Waals surface area contributed by atoms with Crippen LogP contribution in [0.5, 0.6) is 0 Å². The lowest BCUT2D eigenvalue weighted by atomic mass is 10.0. The van der Waals surface area contributed by atoms with Gasteiger partial charge in [0.25, 0.3) is 20.2 Å². The van der Waals surface area contributed by atoms with Gasteiger partial charge in [0.15, 0.2) is 0 Å². The smallest absolute Gasteiger partial charge is 0.297 e. The van der Waals surface area contributed by atoms with Crippen LogP contribution in [0.2, 0.25) is 0 Å². The molecule has 7 nitrogen and oxygen atoms in total. The van der Waals surface area contributed by atoms with Crippen LogP contribution < -0.4 is 5.73 Å². The van der Waals surface area contributed by atoms with Crippen LogP contribution in [-0.4, -0.2) is 25.9 Å². The number of fused-ring (bicyclic) bond motifs is 1. The van der Waals surface area contributed by atoms with Crippen LogP contribution in [0.4, 0.5) is 5.69 Å². The molecule has 21 heavy (non-hydrogen) atoms. The number of nitrogen functional groups attached to an aromatic ring is 1. The topological polar surface area (TPSA) is 135 Å². The molecule has 0 saturated carbocycles. The van der Waals surface area contributed by atoms with Crippen molar-refractivity contribution in [3.8, 4) is 0 Å². The number of rotatable bonds is 3. The van der Waals surface area contributed by atoms with Crippen molar-refractivity contribution in [2.24, 2.45) is 0 Å². The molecule has 0 bridgehead atoms. The van der Waals surface area contributed by atoms with E-state index in [4.69, 9.17) is 5.73 Å². The molecule has 0 aliphatic rings. The quantitative estimate of drug-likeness (QED) is 0.572. The van der Waals surface area contributed by atoms with Crippen molar-refractivity contribution >= 4 is 36.7 Å². The first-order valence-corrected chi connectivity index (χ1v) is 8.74. The van der Waals surface area contributed by atoms with Gasteiger partial charge in [0.05, 0.1) is 5.69 Å². The predicted octanol–water partition coefficient (Wildman–Crippen LogP) is 1.48. The van der Waals surface area contributed by atoms with Gasteiger partial charge in [-0.15, -0.1) is 0 Å². The van der Waals surface area contributed by atoms with Crippen LogP contribution in [0, 0.1) is 0 Å². The van der Waals surface area contributed by atoms with Gasteiger partial charge in [-0.3, -0.25) is 9.11 Å². The summed E-state index contributed by atoms with van der Waals surface area (Å²) in [6, 6.07) is 5.09. The van der Waals surface area contributed by atoms with E-state index < -0.39 is 30.0 Å². The van der Waals surface area contributed by atoms with Crippen molar-refractivity contribution in [3.05, 3.63) is 29.8 Å². The van der Waals surface area contributed by atoms with E-state index in [9.17, 15) is 25.9 Å². The second-order valence-electron chi connectivity index (χ2n) is 4.43. The molecule has 0 aliphatic carbocycles. The van der Waals surface area contributed by atoms with Crippen molar-refractivity contribution in [1.29, 1.82) is 0 Å². The van der Waals surface area contributed by atoms with Crippen LogP contribution >= 0.6 is 0 Å². The van der Waals surface area contributed by atoms with Gasteiger partial charge in [-0.1, -0.05) is 19.1 Å². The maximum absolute atomic E-state index is 11.6. The summed E-state index contributed by atoms with van der Waals surface area (Å²) in [4.78, 5) is -0.998. The molecule has 0 radical (unpaired) electrons. The first-order valence-electron chi connectivity index (χ1n) is 5.86. The minimum absolute atomic E-state index is 0.0151. The Bertz CT molecular complexity index is 932. The normalized spacial score (nSPS) is 12.7. The Morgan fingerprint density at radius 2 is 1.67 bits per heavy atom. The molecular formula is C12H13NO6S2. The summed E-state index contributed by atoms with van der Waals surface area (Å²) >= 11 is 0. The van der Waals surface area contributed by atoms with Crippen molar-refractivity contribution < 1.29 is 25.9 Å². The molecule has 0 saturated heterocycles. The highest BCUT2D eigenvalue weighted by Crippen LogP contribution is 2.35. The summed E-state index contributed by atoms with van der Waals surface area (Å²) in [7, 11) is -9.20. The van der Waals surface area contributed by atoms with Gasteiger partial charge in [-0.05, 0) is 24.1 Å². The molecule has 0 spiro atoms. The lowest BCUT2D eigenvalue weighted by molar-refractivity contribution is 0.481. The zero-order chi connectivity index (χ0) is 16.0. The molecule has 0 amide bonds. The van der Waals surface area contributed by atoms with E-state index in [0.717, 1.165) is 6.07 Å². The minimum Gasteiger partial charge on any atom is -0.397 e. The van der Waals surface area contributed by atoms with E-state index in [2.05, 4.69) is 0 Å². The van der Waals surface area contributed by atoms with Gasteiger partial charge in [0.1, 0.15) is 9.79 Å². The van der Waals surface area contributed by atoms with E-state index in [1.54, 1.807) is 6.92 Å². The molecule has 0 aromatic heterocycles. The molecule has 0 aliphatic heterocycles. The Balaban J connectivity index is 3.14. The predicted molar refractivity (Wildman–Crippen MR) is 77.4 cm³/mol. The first-order chi connectivity index (χ1) is 9.57. The van der Waals surface area contributed by atoms with Crippen LogP contribution in [0.25, 0.3) is 10.8 Å². The monoisotopic (exact) mass is 331 g/mol. The highest BCUT2D eigenvalue weighted by Gasteiger charge is 2.24. The molecule has 2 rings (SSSR count). The van der Waals surface area contributed by atoms with E-state index >= 15 is 0 Å². The summed E-state index contributed by atoms with van der Waals surface area (Å²) in [5, 5.41) is -0.0824. The average molecular weight is 331 g/mol. The zero-order valence-corrected chi connectivity index (χ0v) is 12.6. The second-order valence-corrected chi connectivity index (χ2v) is 7.18. The zero-order valence-electron chi connectivity index (χ0n) is 10.9. The Labute approximate surface area is 121 Å². The van der Waals surface area contributed by atoms with E-state index in [0.29, 0.717) is 12.0 Å². The summed E-state index contributed by atoms with van der Waals surface area (Å²) in [5.41, 5.74) is 5.97. The summed E-state index contributed by atoms with van der Waals surface area (Å²) in [5.74, 6) is 0. The molecule has 4 N–H and O–H groups in total. The van der Waals surface area contributed by atoms with Gasteiger partial charge < -0.3 is 5.73 Å². The van der Waals surface area contributed by atoms with E-state index in [1.165, 1.54) is 18.2 Å². The third-order valence-electron chi connectivity index (χ3n) is 3.14. The lowest BCUT2D eigenvalue weighted by Gasteiger charge is -2.13. The third kappa shape index (κ3) is 2.72. The Morgan fingerprint density at radius 1 is 1.05 bits per heavy atom. The number of aryl methyl sites for hydroxylation is 1. The fraction of sp³-hybridized carbons (Fsp3) is 0.167. The van der Waals surface area contributed by atoms with Crippen LogP contribution in [-0.2, 0) is 26.7 Å².